The molecule has 3 heterocycles. The van der Waals surface area contributed by atoms with Gasteiger partial charge in [0.05, 0.1) is 11.0 Å². The Kier molecular flexibility index (Phi) is 5.08. The Morgan fingerprint density at radius 2 is 2.18 bits per heavy atom. The van der Waals surface area contributed by atoms with Gasteiger partial charge in [0.25, 0.3) is 0 Å². The molecule has 1 atom stereocenters. The fraction of sp³-hybridized carbons (Fsp3) is 0.471. The van der Waals surface area contributed by atoms with E-state index in [4.69, 9.17) is 0 Å². The summed E-state index contributed by atoms with van der Waals surface area (Å²) in [4.78, 5) is 15.7. The molecule has 1 N–H and O–H groups in total. The van der Waals surface area contributed by atoms with Crippen LogP contribution in [0.1, 0.15) is 46.0 Å². The summed E-state index contributed by atoms with van der Waals surface area (Å²) >= 11 is 3.17. The fourth-order valence-electron chi connectivity index (χ4n) is 3.02. The first-order valence-corrected chi connectivity index (χ1v) is 9.41. The zero-order valence-electron chi connectivity index (χ0n) is 12.7. The molecule has 5 heteroatoms. The summed E-state index contributed by atoms with van der Waals surface area (Å²) in [6.45, 7) is 4.55. The highest BCUT2D eigenvalue weighted by Gasteiger charge is 2.26. The molecule has 118 valence electrons. The number of carbonyl (C=O) groups excluding carboxylic acids is 1. The average Bonchev–Trinajstić information content (AvgIpc) is 3.19. The molecule has 0 aliphatic carbocycles. The Bertz CT molecular complexity index is 612. The quantitative estimate of drug-likeness (QED) is 0.841. The molecular weight excluding hydrogens is 314 g/mol. The SMILES string of the molecule is CC(=O)c1cc(CN2CCC(C(O)c3cccs3)CC2)cs1. The van der Waals surface area contributed by atoms with Crippen molar-refractivity contribution in [1.29, 1.82) is 0 Å². The van der Waals surface area contributed by atoms with E-state index >= 15 is 0 Å². The number of rotatable bonds is 5. The fourth-order valence-corrected chi connectivity index (χ4v) is 4.63. The molecule has 0 saturated carbocycles. The summed E-state index contributed by atoms with van der Waals surface area (Å²) in [7, 11) is 0. The van der Waals surface area contributed by atoms with Crippen molar-refractivity contribution in [2.45, 2.75) is 32.4 Å². The molecule has 0 spiro atoms. The second-order valence-corrected chi connectivity index (χ2v) is 7.84. The molecule has 22 heavy (non-hydrogen) atoms. The third-order valence-corrected chi connectivity index (χ3v) is 6.34. The van der Waals surface area contributed by atoms with E-state index < -0.39 is 0 Å². The van der Waals surface area contributed by atoms with Gasteiger partial charge in [-0.1, -0.05) is 6.07 Å². The lowest BCUT2D eigenvalue weighted by Gasteiger charge is -2.33. The lowest BCUT2D eigenvalue weighted by molar-refractivity contribution is 0.0591. The van der Waals surface area contributed by atoms with Crippen LogP contribution in [0.15, 0.2) is 29.0 Å². The Balaban J connectivity index is 1.52. The molecule has 1 unspecified atom stereocenters. The van der Waals surface area contributed by atoms with Crippen LogP contribution in [0.4, 0.5) is 0 Å². The molecule has 1 saturated heterocycles. The molecule has 0 aromatic carbocycles. The van der Waals surface area contributed by atoms with E-state index in [9.17, 15) is 9.90 Å². The predicted molar refractivity (Wildman–Crippen MR) is 91.6 cm³/mol. The first-order chi connectivity index (χ1) is 10.6. The van der Waals surface area contributed by atoms with Crippen molar-refractivity contribution >= 4 is 28.5 Å². The number of thiophene rings is 2. The van der Waals surface area contributed by atoms with E-state index in [2.05, 4.69) is 10.3 Å². The van der Waals surface area contributed by atoms with E-state index in [-0.39, 0.29) is 11.9 Å². The maximum absolute atomic E-state index is 11.4. The van der Waals surface area contributed by atoms with Gasteiger partial charge in [0, 0.05) is 11.4 Å². The molecule has 0 amide bonds. The lowest BCUT2D eigenvalue weighted by Crippen LogP contribution is -2.35. The average molecular weight is 335 g/mol. The number of piperidine rings is 1. The maximum Gasteiger partial charge on any atom is 0.169 e. The smallest absolute Gasteiger partial charge is 0.169 e. The zero-order chi connectivity index (χ0) is 15.5. The number of hydrogen-bond donors (Lipinski definition) is 1. The second kappa shape index (κ2) is 7.04. The summed E-state index contributed by atoms with van der Waals surface area (Å²) in [5.74, 6) is 0.513. The number of aliphatic hydroxyl groups is 1. The van der Waals surface area contributed by atoms with E-state index in [1.165, 1.54) is 16.9 Å². The van der Waals surface area contributed by atoms with Crippen LogP contribution in [0.2, 0.25) is 0 Å². The van der Waals surface area contributed by atoms with E-state index in [0.29, 0.717) is 5.92 Å². The van der Waals surface area contributed by atoms with Crippen molar-refractivity contribution in [3.05, 3.63) is 44.3 Å². The summed E-state index contributed by atoms with van der Waals surface area (Å²) < 4.78 is 0. The van der Waals surface area contributed by atoms with Crippen LogP contribution < -0.4 is 0 Å². The Morgan fingerprint density at radius 1 is 1.41 bits per heavy atom. The Hall–Kier alpha value is -1.01. The minimum Gasteiger partial charge on any atom is -0.387 e. The van der Waals surface area contributed by atoms with Crippen molar-refractivity contribution in [3.63, 3.8) is 0 Å². The minimum atomic E-state index is -0.312. The van der Waals surface area contributed by atoms with Crippen molar-refractivity contribution in [3.8, 4) is 0 Å². The third-order valence-electron chi connectivity index (χ3n) is 4.32. The first-order valence-electron chi connectivity index (χ1n) is 7.65. The van der Waals surface area contributed by atoms with Gasteiger partial charge in [-0.25, -0.2) is 0 Å². The van der Waals surface area contributed by atoms with Crippen LogP contribution in [0.25, 0.3) is 0 Å². The number of Topliss-reactive ketones (excluding diaryl/α,β-unsaturated/α-hetero) is 1. The van der Waals surface area contributed by atoms with Gasteiger partial charge >= 0.3 is 0 Å². The monoisotopic (exact) mass is 335 g/mol. The standard InChI is InChI=1S/C17H21NO2S2/c1-12(19)16-9-13(11-22-16)10-18-6-4-14(5-7-18)17(20)15-3-2-8-21-15/h2-3,8-9,11,14,17,20H,4-7,10H2,1H3. The maximum atomic E-state index is 11.4. The van der Waals surface area contributed by atoms with Crippen LogP contribution in [0.3, 0.4) is 0 Å². The molecule has 0 bridgehead atoms. The molecule has 1 aliphatic rings. The molecule has 0 radical (unpaired) electrons. The normalized spacial score (nSPS) is 18.5. The van der Waals surface area contributed by atoms with Gasteiger partial charge in [-0.15, -0.1) is 22.7 Å². The van der Waals surface area contributed by atoms with Gasteiger partial charge in [-0.3, -0.25) is 9.69 Å². The minimum absolute atomic E-state index is 0.147. The van der Waals surface area contributed by atoms with Gasteiger partial charge < -0.3 is 5.11 Å². The highest BCUT2D eigenvalue weighted by atomic mass is 32.1. The summed E-state index contributed by atoms with van der Waals surface area (Å²) in [5, 5.41) is 14.5. The van der Waals surface area contributed by atoms with Gasteiger partial charge in [0.2, 0.25) is 0 Å². The highest BCUT2D eigenvalue weighted by Crippen LogP contribution is 2.33. The number of ketones is 1. The van der Waals surface area contributed by atoms with E-state index in [1.54, 1.807) is 18.3 Å². The Labute approximate surface area is 139 Å². The van der Waals surface area contributed by atoms with Crippen LogP contribution in [0, 0.1) is 5.92 Å². The lowest BCUT2D eigenvalue weighted by atomic mass is 9.90. The van der Waals surface area contributed by atoms with Crippen LogP contribution in [-0.2, 0) is 6.54 Å². The van der Waals surface area contributed by atoms with Crippen molar-refractivity contribution < 1.29 is 9.90 Å². The molecule has 3 rings (SSSR count). The van der Waals surface area contributed by atoms with Crippen LogP contribution in [-0.4, -0.2) is 28.9 Å². The van der Waals surface area contributed by atoms with Crippen molar-refractivity contribution in [1.82, 2.24) is 4.90 Å². The zero-order valence-corrected chi connectivity index (χ0v) is 14.3. The number of nitrogens with zero attached hydrogens (tertiary/aromatic N) is 1. The third kappa shape index (κ3) is 3.66. The number of aliphatic hydroxyl groups excluding tert-OH is 1. The second-order valence-electron chi connectivity index (χ2n) is 5.95. The van der Waals surface area contributed by atoms with E-state index in [1.807, 2.05) is 23.6 Å². The largest absolute Gasteiger partial charge is 0.387 e. The van der Waals surface area contributed by atoms with Crippen molar-refractivity contribution in [2.75, 3.05) is 13.1 Å². The van der Waals surface area contributed by atoms with Gasteiger partial charge in [0.15, 0.2) is 5.78 Å². The topological polar surface area (TPSA) is 40.5 Å². The number of carbonyl (C=O) groups is 1. The molecule has 1 aliphatic heterocycles. The molecular formula is C17H21NO2S2. The summed E-state index contributed by atoms with van der Waals surface area (Å²) in [6, 6.07) is 6.04. The Morgan fingerprint density at radius 3 is 2.77 bits per heavy atom. The molecule has 2 aromatic heterocycles. The van der Waals surface area contributed by atoms with Crippen LogP contribution >= 0.6 is 22.7 Å². The first kappa shape index (κ1) is 15.9. The van der Waals surface area contributed by atoms with Crippen molar-refractivity contribution in [2.24, 2.45) is 5.92 Å². The van der Waals surface area contributed by atoms with Gasteiger partial charge in [0.1, 0.15) is 0 Å². The van der Waals surface area contributed by atoms with E-state index in [0.717, 1.165) is 42.2 Å². The summed E-state index contributed by atoms with van der Waals surface area (Å²) in [6.07, 6.45) is 1.75. The van der Waals surface area contributed by atoms with Crippen LogP contribution in [0.5, 0.6) is 0 Å². The van der Waals surface area contributed by atoms with Gasteiger partial charge in [-0.05, 0) is 67.2 Å². The summed E-state index contributed by atoms with van der Waals surface area (Å²) in [5.41, 5.74) is 1.23. The number of hydrogen-bond acceptors (Lipinski definition) is 5. The number of likely N-dealkylation sites (tertiary alicyclic amines) is 1. The molecule has 1 fully saturated rings. The molecule has 2 aromatic rings. The predicted octanol–water partition coefficient (Wildman–Crippen LogP) is 3.96. The van der Waals surface area contributed by atoms with Gasteiger partial charge in [-0.2, -0.15) is 0 Å². The highest BCUT2D eigenvalue weighted by molar-refractivity contribution is 7.12. The molecule has 3 nitrogen and oxygen atoms in total.